The number of aliphatic hydroxyl groups is 1. The van der Waals surface area contributed by atoms with Gasteiger partial charge in [-0.05, 0) is 37.1 Å². The number of anilines is 2. The van der Waals surface area contributed by atoms with Gasteiger partial charge in [0.2, 0.25) is 0 Å². The maximum atomic E-state index is 11.8. The summed E-state index contributed by atoms with van der Waals surface area (Å²) in [5.74, 6) is 1.38. The van der Waals surface area contributed by atoms with Crippen LogP contribution >= 0.6 is 0 Å². The summed E-state index contributed by atoms with van der Waals surface area (Å²) in [4.78, 5) is 24.0. The summed E-state index contributed by atoms with van der Waals surface area (Å²) >= 11 is 0. The van der Waals surface area contributed by atoms with Crippen LogP contribution < -0.4 is 10.2 Å². The molecule has 1 amide bonds. The molecule has 12 nitrogen and oxygen atoms in total. The highest BCUT2D eigenvalue weighted by molar-refractivity contribution is 5.89. The van der Waals surface area contributed by atoms with E-state index in [0.29, 0.717) is 30.4 Å². The van der Waals surface area contributed by atoms with Crippen molar-refractivity contribution in [1.82, 2.24) is 19.7 Å². The first-order valence-electron chi connectivity index (χ1n) is 12.4. The maximum absolute atomic E-state index is 11.8. The van der Waals surface area contributed by atoms with Crippen LogP contribution in [0.4, 0.5) is 16.3 Å². The van der Waals surface area contributed by atoms with E-state index in [1.165, 1.54) is 0 Å². The number of amides is 1. The zero-order valence-corrected chi connectivity index (χ0v) is 21.0. The van der Waals surface area contributed by atoms with Crippen LogP contribution in [0.15, 0.2) is 30.5 Å². The highest BCUT2D eigenvalue weighted by Gasteiger charge is 2.35. The van der Waals surface area contributed by atoms with Gasteiger partial charge in [-0.3, -0.25) is 5.32 Å². The number of aromatic nitrogens is 4. The number of benzene rings is 1. The first-order valence-corrected chi connectivity index (χ1v) is 12.4. The van der Waals surface area contributed by atoms with Crippen LogP contribution in [0.1, 0.15) is 18.9 Å². The van der Waals surface area contributed by atoms with Gasteiger partial charge < -0.3 is 29.0 Å². The van der Waals surface area contributed by atoms with Crippen LogP contribution in [0.5, 0.6) is 0 Å². The normalized spacial score (nSPS) is 19.1. The fraction of sp³-hybridized carbons (Fsp3) is 0.520. The van der Waals surface area contributed by atoms with Crippen LogP contribution in [0.25, 0.3) is 22.4 Å². The van der Waals surface area contributed by atoms with Gasteiger partial charge >= 0.3 is 6.09 Å². The summed E-state index contributed by atoms with van der Waals surface area (Å²) in [6.45, 7) is 2.09. The number of rotatable bonds is 10. The van der Waals surface area contributed by atoms with Gasteiger partial charge in [0.1, 0.15) is 18.5 Å². The van der Waals surface area contributed by atoms with E-state index in [1.54, 1.807) is 26.4 Å². The van der Waals surface area contributed by atoms with Gasteiger partial charge in [-0.25, -0.2) is 19.4 Å². The minimum Gasteiger partial charge on any atom is -0.447 e. The van der Waals surface area contributed by atoms with Gasteiger partial charge in [-0.2, -0.15) is 5.10 Å². The lowest BCUT2D eigenvalue weighted by Crippen LogP contribution is -2.43. The first kappa shape index (κ1) is 25.3. The molecule has 2 N–H and O–H groups in total. The molecule has 2 fully saturated rings. The number of hydrogen-bond donors (Lipinski definition) is 2. The largest absolute Gasteiger partial charge is 0.447 e. The van der Waals surface area contributed by atoms with Crippen molar-refractivity contribution in [2.24, 2.45) is 0 Å². The van der Waals surface area contributed by atoms with E-state index < -0.39 is 6.09 Å². The molecule has 2 aliphatic rings. The Kier molecular flexibility index (Phi) is 7.79. The Morgan fingerprint density at radius 2 is 1.84 bits per heavy atom. The molecule has 37 heavy (non-hydrogen) atoms. The van der Waals surface area contributed by atoms with Gasteiger partial charge in [0.15, 0.2) is 11.5 Å². The molecule has 0 spiro atoms. The Morgan fingerprint density at radius 1 is 1.14 bits per heavy atom. The Labute approximate surface area is 214 Å². The molecule has 4 heterocycles. The summed E-state index contributed by atoms with van der Waals surface area (Å²) in [6.07, 6.45) is 3.70. The second-order valence-corrected chi connectivity index (χ2v) is 9.19. The molecular weight excluding hydrogens is 480 g/mol. The molecule has 0 radical (unpaired) electrons. The predicted molar refractivity (Wildman–Crippen MR) is 136 cm³/mol. The van der Waals surface area contributed by atoms with Crippen molar-refractivity contribution in [1.29, 1.82) is 0 Å². The van der Waals surface area contributed by atoms with Crippen molar-refractivity contribution in [2.45, 2.75) is 31.1 Å². The van der Waals surface area contributed by atoms with Gasteiger partial charge in [-0.15, -0.1) is 0 Å². The number of nitrogens with one attached hydrogen (secondary N) is 1. The minimum atomic E-state index is -0.630. The van der Waals surface area contributed by atoms with Crippen LogP contribution in [0, 0.1) is 0 Å². The third-order valence-electron chi connectivity index (χ3n) is 6.55. The molecule has 2 unspecified atom stereocenters. The minimum absolute atomic E-state index is 0.0649. The Bertz CT molecular complexity index is 1200. The first-order chi connectivity index (χ1) is 18.1. The number of aliphatic hydroxyl groups excluding tert-OH is 1. The Morgan fingerprint density at radius 3 is 2.49 bits per heavy atom. The number of morpholine rings is 1. The molecular formula is C25H32N6O6. The lowest BCUT2D eigenvalue weighted by Gasteiger charge is -2.33. The van der Waals surface area contributed by atoms with Crippen LogP contribution in [0.3, 0.4) is 0 Å². The third-order valence-corrected chi connectivity index (χ3v) is 6.55. The average molecular weight is 513 g/mol. The molecule has 2 aliphatic heterocycles. The van der Waals surface area contributed by atoms with E-state index in [2.05, 4.69) is 15.3 Å². The Hall–Kier alpha value is -3.32. The number of hydrogen-bond acceptors (Lipinski definition) is 10. The number of nitrogens with zero attached hydrogens (tertiary/aromatic N) is 5. The zero-order chi connectivity index (χ0) is 25.8. The summed E-state index contributed by atoms with van der Waals surface area (Å²) in [7, 11) is 3.30. The molecule has 2 aromatic heterocycles. The quantitative estimate of drug-likeness (QED) is 0.417. The Balaban J connectivity index is 1.52. The number of ether oxygens (including phenoxy) is 4. The van der Waals surface area contributed by atoms with E-state index in [-0.39, 0.29) is 31.5 Å². The van der Waals surface area contributed by atoms with Crippen LogP contribution in [-0.4, -0.2) is 96.9 Å². The van der Waals surface area contributed by atoms with Gasteiger partial charge in [0.25, 0.3) is 0 Å². The third kappa shape index (κ3) is 5.52. The standard InChI is InChI=1S/C25H32N6O6/c1-34-14-18(15-35-2)31-24-21(11-26-31)23(30-12-19-7-8-20(13-30)37-19)28-22(29-24)16-3-5-17(6-4-16)27-25(33)36-10-9-32/h3-6,11,18-20,32H,7-10,12-15H2,1-2H3,(H,27,33). The van der Waals surface area contributed by atoms with Gasteiger partial charge in [0, 0.05) is 38.6 Å². The van der Waals surface area contributed by atoms with Crippen molar-refractivity contribution in [3.05, 3.63) is 30.5 Å². The van der Waals surface area contributed by atoms with E-state index in [1.807, 2.05) is 23.0 Å². The van der Waals surface area contributed by atoms with Crippen molar-refractivity contribution in [3.63, 3.8) is 0 Å². The highest BCUT2D eigenvalue weighted by Crippen LogP contribution is 2.34. The SMILES string of the molecule is COCC(COC)n1ncc2c(N3CC4CCC(C3)O4)nc(-c3ccc(NC(=O)OCCO)cc3)nc21. The fourth-order valence-electron chi connectivity index (χ4n) is 4.90. The lowest BCUT2D eigenvalue weighted by atomic mass is 10.2. The molecule has 12 heteroatoms. The fourth-order valence-corrected chi connectivity index (χ4v) is 4.90. The highest BCUT2D eigenvalue weighted by atomic mass is 16.6. The maximum Gasteiger partial charge on any atom is 0.411 e. The van der Waals surface area contributed by atoms with Crippen molar-refractivity contribution >= 4 is 28.6 Å². The van der Waals surface area contributed by atoms with E-state index in [0.717, 1.165) is 42.7 Å². The molecule has 5 rings (SSSR count). The number of fused-ring (bicyclic) bond motifs is 3. The zero-order valence-electron chi connectivity index (χ0n) is 21.0. The van der Waals surface area contributed by atoms with E-state index in [9.17, 15) is 4.79 Å². The average Bonchev–Trinajstić information content (AvgIpc) is 3.49. The van der Waals surface area contributed by atoms with Gasteiger partial charge in [0.05, 0.1) is 43.6 Å². The molecule has 0 aliphatic carbocycles. The van der Waals surface area contributed by atoms with Crippen LogP contribution in [0.2, 0.25) is 0 Å². The summed E-state index contributed by atoms with van der Waals surface area (Å²) in [5.41, 5.74) is 2.05. The smallest absolute Gasteiger partial charge is 0.411 e. The second kappa shape index (κ2) is 11.4. The van der Waals surface area contributed by atoms with Crippen molar-refractivity contribution in [2.75, 3.05) is 64.0 Å². The molecule has 2 saturated heterocycles. The second-order valence-electron chi connectivity index (χ2n) is 9.19. The topological polar surface area (TPSA) is 133 Å². The van der Waals surface area contributed by atoms with Gasteiger partial charge in [-0.1, -0.05) is 0 Å². The molecule has 2 atom stereocenters. The lowest BCUT2D eigenvalue weighted by molar-refractivity contribution is 0.0303. The summed E-state index contributed by atoms with van der Waals surface area (Å²) < 4.78 is 23.6. The number of carbonyl (C=O) groups excluding carboxylic acids is 1. The molecule has 2 bridgehead atoms. The van der Waals surface area contributed by atoms with Crippen molar-refractivity contribution < 1.29 is 28.8 Å². The summed E-state index contributed by atoms with van der Waals surface area (Å²) in [6, 6.07) is 7.05. The molecule has 198 valence electrons. The molecule has 3 aromatic rings. The number of carbonyl (C=O) groups is 1. The molecule has 0 saturated carbocycles. The van der Waals surface area contributed by atoms with Crippen LogP contribution in [-0.2, 0) is 18.9 Å². The monoisotopic (exact) mass is 512 g/mol. The van der Waals surface area contributed by atoms with E-state index >= 15 is 0 Å². The number of methoxy groups -OCH3 is 2. The van der Waals surface area contributed by atoms with Crippen molar-refractivity contribution in [3.8, 4) is 11.4 Å². The van der Waals surface area contributed by atoms with E-state index in [4.69, 9.17) is 34.0 Å². The predicted octanol–water partition coefficient (Wildman–Crippen LogP) is 2.24. The summed E-state index contributed by atoms with van der Waals surface area (Å²) in [5, 5.41) is 17.0. The molecule has 1 aromatic carbocycles.